The highest BCUT2D eigenvalue weighted by Crippen LogP contribution is 2.12. The molecule has 1 saturated heterocycles. The fourth-order valence-corrected chi connectivity index (χ4v) is 2.44. The first-order valence-electron chi connectivity index (χ1n) is 8.37. The lowest BCUT2D eigenvalue weighted by atomic mass is 10.1. The summed E-state index contributed by atoms with van der Waals surface area (Å²) >= 11 is 0. The minimum Gasteiger partial charge on any atom is -0.381 e. The molecular weight excluding hydrogens is 292 g/mol. The minimum absolute atomic E-state index is 0.588. The quantitative estimate of drug-likeness (QED) is 0.407. The molecular formula is C17H28N4O2. The Morgan fingerprint density at radius 3 is 3.09 bits per heavy atom. The first kappa shape index (κ1) is 17.7. The molecule has 1 aromatic heterocycles. The highest BCUT2D eigenvalue weighted by atomic mass is 16.5. The Bertz CT molecular complexity index is 447. The van der Waals surface area contributed by atoms with Crippen LogP contribution in [0.25, 0.3) is 0 Å². The average Bonchev–Trinajstić information content (AvgIpc) is 3.10. The van der Waals surface area contributed by atoms with Crippen LogP contribution >= 0.6 is 0 Å². The van der Waals surface area contributed by atoms with Gasteiger partial charge in [-0.2, -0.15) is 0 Å². The van der Waals surface area contributed by atoms with Gasteiger partial charge in [-0.15, -0.1) is 0 Å². The maximum Gasteiger partial charge on any atom is 0.190 e. The number of hydrogen-bond donors (Lipinski definition) is 2. The summed E-state index contributed by atoms with van der Waals surface area (Å²) in [6, 6.07) is 4.04. The summed E-state index contributed by atoms with van der Waals surface area (Å²) in [6.45, 7) is 5.02. The molecule has 128 valence electrons. The van der Waals surface area contributed by atoms with E-state index in [4.69, 9.17) is 9.47 Å². The summed E-state index contributed by atoms with van der Waals surface area (Å²) in [5.41, 5.74) is 1.22. The van der Waals surface area contributed by atoms with Crippen molar-refractivity contribution in [1.82, 2.24) is 15.6 Å². The molecule has 6 heteroatoms. The second-order valence-corrected chi connectivity index (χ2v) is 5.70. The Morgan fingerprint density at radius 1 is 1.43 bits per heavy atom. The van der Waals surface area contributed by atoms with Gasteiger partial charge in [0, 0.05) is 51.7 Å². The molecule has 0 amide bonds. The van der Waals surface area contributed by atoms with Crippen molar-refractivity contribution in [2.75, 3.05) is 46.6 Å². The van der Waals surface area contributed by atoms with Crippen molar-refractivity contribution in [2.45, 2.75) is 19.3 Å². The van der Waals surface area contributed by atoms with Crippen LogP contribution in [0.15, 0.2) is 29.5 Å². The number of aromatic nitrogens is 1. The number of aliphatic imine (C=N–C) groups is 1. The molecule has 0 spiro atoms. The van der Waals surface area contributed by atoms with E-state index in [1.165, 1.54) is 5.56 Å². The molecule has 1 unspecified atom stereocenters. The number of ether oxygens (including phenoxy) is 2. The highest BCUT2D eigenvalue weighted by Gasteiger charge is 2.15. The number of rotatable bonds is 9. The third-order valence-corrected chi connectivity index (χ3v) is 3.79. The molecule has 1 aromatic rings. The molecule has 6 nitrogen and oxygen atoms in total. The molecule has 0 radical (unpaired) electrons. The normalized spacial score (nSPS) is 18.1. The molecule has 23 heavy (non-hydrogen) atoms. The summed E-state index contributed by atoms with van der Waals surface area (Å²) in [5, 5.41) is 6.61. The van der Waals surface area contributed by atoms with Crippen molar-refractivity contribution in [3.63, 3.8) is 0 Å². The summed E-state index contributed by atoms with van der Waals surface area (Å²) in [5.74, 6) is 1.42. The van der Waals surface area contributed by atoms with E-state index in [0.717, 1.165) is 64.7 Å². The monoisotopic (exact) mass is 320 g/mol. The van der Waals surface area contributed by atoms with Gasteiger partial charge in [0.25, 0.3) is 0 Å². The second-order valence-electron chi connectivity index (χ2n) is 5.70. The first-order valence-corrected chi connectivity index (χ1v) is 8.37. The summed E-state index contributed by atoms with van der Waals surface area (Å²) < 4.78 is 11.0. The zero-order valence-electron chi connectivity index (χ0n) is 14.0. The summed E-state index contributed by atoms with van der Waals surface area (Å²) in [6.07, 6.45) is 6.72. The van der Waals surface area contributed by atoms with E-state index in [0.29, 0.717) is 5.92 Å². The number of hydrogen-bond acceptors (Lipinski definition) is 4. The fraction of sp³-hybridized carbons (Fsp3) is 0.647. The van der Waals surface area contributed by atoms with Crippen molar-refractivity contribution in [3.05, 3.63) is 30.1 Å². The lowest BCUT2D eigenvalue weighted by Crippen LogP contribution is -2.39. The van der Waals surface area contributed by atoms with Crippen LogP contribution in [0.3, 0.4) is 0 Å². The number of nitrogens with zero attached hydrogens (tertiary/aromatic N) is 2. The molecule has 2 rings (SSSR count). The Labute approximate surface area is 138 Å². The molecule has 0 saturated carbocycles. The molecule has 1 aliphatic rings. The predicted molar refractivity (Wildman–Crippen MR) is 91.7 cm³/mol. The number of guanidine groups is 1. The van der Waals surface area contributed by atoms with E-state index in [1.54, 1.807) is 13.2 Å². The average molecular weight is 320 g/mol. The van der Waals surface area contributed by atoms with Gasteiger partial charge in [-0.05, 0) is 30.9 Å². The Hall–Kier alpha value is -1.66. The maximum absolute atomic E-state index is 5.68. The van der Waals surface area contributed by atoms with Crippen LogP contribution in [0.1, 0.15) is 18.4 Å². The van der Waals surface area contributed by atoms with E-state index in [9.17, 15) is 0 Å². The van der Waals surface area contributed by atoms with Crippen molar-refractivity contribution in [2.24, 2.45) is 10.9 Å². The van der Waals surface area contributed by atoms with Gasteiger partial charge in [-0.1, -0.05) is 6.07 Å². The van der Waals surface area contributed by atoms with Crippen LogP contribution in [-0.2, 0) is 15.9 Å². The van der Waals surface area contributed by atoms with Gasteiger partial charge in [0.05, 0.1) is 13.2 Å². The molecule has 2 heterocycles. The van der Waals surface area contributed by atoms with Crippen LogP contribution in [0, 0.1) is 5.92 Å². The van der Waals surface area contributed by atoms with Crippen molar-refractivity contribution in [3.8, 4) is 0 Å². The molecule has 1 atom stereocenters. The Kier molecular flexibility index (Phi) is 8.43. The van der Waals surface area contributed by atoms with Crippen molar-refractivity contribution in [1.29, 1.82) is 0 Å². The van der Waals surface area contributed by atoms with Crippen LogP contribution in [0.4, 0.5) is 0 Å². The number of pyridine rings is 1. The highest BCUT2D eigenvalue weighted by molar-refractivity contribution is 5.79. The standard InChI is InChI=1S/C17H28N4O2/c1-18-17(21-9-5-15-4-2-7-19-12-15)20-8-3-10-22-13-16-6-11-23-14-16/h2,4,7,12,16H,3,5-6,8-11,13-14H2,1H3,(H2,18,20,21). The summed E-state index contributed by atoms with van der Waals surface area (Å²) in [7, 11) is 1.79. The maximum atomic E-state index is 5.68. The smallest absolute Gasteiger partial charge is 0.190 e. The SMILES string of the molecule is CN=C(NCCCOCC1CCOC1)NCCc1cccnc1. The molecule has 1 fully saturated rings. The van der Waals surface area contributed by atoms with Crippen molar-refractivity contribution >= 4 is 5.96 Å². The molecule has 2 N–H and O–H groups in total. The minimum atomic E-state index is 0.588. The van der Waals surface area contributed by atoms with E-state index < -0.39 is 0 Å². The molecule has 1 aliphatic heterocycles. The van der Waals surface area contributed by atoms with Crippen LogP contribution < -0.4 is 10.6 Å². The molecule has 0 aromatic carbocycles. The Morgan fingerprint density at radius 2 is 2.35 bits per heavy atom. The van der Waals surface area contributed by atoms with Gasteiger partial charge in [-0.25, -0.2) is 0 Å². The third-order valence-electron chi connectivity index (χ3n) is 3.79. The van der Waals surface area contributed by atoms with E-state index in [2.05, 4.69) is 26.7 Å². The topological polar surface area (TPSA) is 67.8 Å². The van der Waals surface area contributed by atoms with Gasteiger partial charge in [0.2, 0.25) is 0 Å². The zero-order valence-corrected chi connectivity index (χ0v) is 14.0. The van der Waals surface area contributed by atoms with Crippen molar-refractivity contribution < 1.29 is 9.47 Å². The fourth-order valence-electron chi connectivity index (χ4n) is 2.44. The Balaban J connectivity index is 1.47. The van der Waals surface area contributed by atoms with Gasteiger partial charge in [0.15, 0.2) is 5.96 Å². The van der Waals surface area contributed by atoms with Gasteiger partial charge < -0.3 is 20.1 Å². The van der Waals surface area contributed by atoms with E-state index in [1.807, 2.05) is 12.3 Å². The second kappa shape index (κ2) is 11.0. The molecule has 0 bridgehead atoms. The lowest BCUT2D eigenvalue weighted by Gasteiger charge is -2.12. The van der Waals surface area contributed by atoms with Crippen LogP contribution in [0.2, 0.25) is 0 Å². The van der Waals surface area contributed by atoms with Crippen LogP contribution in [-0.4, -0.2) is 57.5 Å². The summed E-state index contributed by atoms with van der Waals surface area (Å²) in [4.78, 5) is 8.34. The lowest BCUT2D eigenvalue weighted by molar-refractivity contribution is 0.0888. The van der Waals surface area contributed by atoms with Gasteiger partial charge >= 0.3 is 0 Å². The largest absolute Gasteiger partial charge is 0.381 e. The molecule has 0 aliphatic carbocycles. The van der Waals surface area contributed by atoms with E-state index in [-0.39, 0.29) is 0 Å². The number of nitrogens with one attached hydrogen (secondary N) is 2. The first-order chi connectivity index (χ1) is 11.4. The van der Waals surface area contributed by atoms with Gasteiger partial charge in [-0.3, -0.25) is 9.98 Å². The van der Waals surface area contributed by atoms with E-state index >= 15 is 0 Å². The third kappa shape index (κ3) is 7.43. The predicted octanol–water partition coefficient (Wildman–Crippen LogP) is 1.23. The van der Waals surface area contributed by atoms with Crippen LogP contribution in [0.5, 0.6) is 0 Å². The zero-order chi connectivity index (χ0) is 16.2. The van der Waals surface area contributed by atoms with Gasteiger partial charge in [0.1, 0.15) is 0 Å².